The Hall–Kier alpha value is -2.61. The molecule has 1 fully saturated rings. The van der Waals surface area contributed by atoms with Gasteiger partial charge in [-0.25, -0.2) is 9.67 Å². The summed E-state index contributed by atoms with van der Waals surface area (Å²) in [7, 11) is 3.36. The number of thiazole rings is 1. The van der Waals surface area contributed by atoms with Gasteiger partial charge in [-0.2, -0.15) is 5.10 Å². The lowest BCUT2D eigenvalue weighted by molar-refractivity contribution is 0.419. The maximum Gasteiger partial charge on any atom is 0.266 e. The van der Waals surface area contributed by atoms with Crippen LogP contribution in [0.25, 0.3) is 10.2 Å². The van der Waals surface area contributed by atoms with E-state index in [9.17, 15) is 4.79 Å². The molecule has 0 radical (unpaired) electrons. The monoisotopic (exact) mass is 371 g/mol. The number of piperazine rings is 1. The minimum atomic E-state index is -0.0915. The number of nitrogens with zero attached hydrogens (tertiary/aromatic N) is 5. The van der Waals surface area contributed by atoms with E-state index in [2.05, 4.69) is 27.9 Å². The molecule has 0 unspecified atom stereocenters. The summed E-state index contributed by atoms with van der Waals surface area (Å²) < 4.78 is 8.02. The summed E-state index contributed by atoms with van der Waals surface area (Å²) >= 11 is 1.72. The Morgan fingerprint density at radius 1 is 1.08 bits per heavy atom. The van der Waals surface area contributed by atoms with Crippen LogP contribution in [0, 0.1) is 6.92 Å². The lowest BCUT2D eigenvalue weighted by Gasteiger charge is -2.35. The van der Waals surface area contributed by atoms with Crippen LogP contribution in [0.2, 0.25) is 0 Å². The van der Waals surface area contributed by atoms with Crippen LogP contribution in [0.15, 0.2) is 29.1 Å². The predicted octanol–water partition coefficient (Wildman–Crippen LogP) is 2.03. The molecule has 4 rings (SSSR count). The van der Waals surface area contributed by atoms with Crippen LogP contribution in [-0.2, 0) is 7.05 Å². The topological polar surface area (TPSA) is 63.5 Å². The molecule has 0 bridgehead atoms. The SMILES string of the molecule is COc1ccc(C)c2sc(N3CCN(c4ccc(=O)n(C)n4)CC3)nc12. The second-order valence-corrected chi connectivity index (χ2v) is 7.36. The maximum atomic E-state index is 11.5. The Morgan fingerprint density at radius 2 is 1.81 bits per heavy atom. The molecular formula is C18H21N5O2S. The number of aromatic nitrogens is 3. The highest BCUT2D eigenvalue weighted by Gasteiger charge is 2.22. The van der Waals surface area contributed by atoms with Gasteiger partial charge in [-0.3, -0.25) is 4.79 Å². The minimum absolute atomic E-state index is 0.0915. The van der Waals surface area contributed by atoms with E-state index in [0.29, 0.717) is 0 Å². The van der Waals surface area contributed by atoms with Crippen molar-refractivity contribution < 1.29 is 4.74 Å². The first-order chi connectivity index (χ1) is 12.6. The number of fused-ring (bicyclic) bond motifs is 1. The Labute approximate surface area is 155 Å². The zero-order chi connectivity index (χ0) is 18.3. The van der Waals surface area contributed by atoms with Gasteiger partial charge in [-0.15, -0.1) is 0 Å². The summed E-state index contributed by atoms with van der Waals surface area (Å²) in [5, 5.41) is 5.37. The van der Waals surface area contributed by atoms with E-state index in [0.717, 1.165) is 48.4 Å². The molecule has 3 heterocycles. The van der Waals surface area contributed by atoms with Gasteiger partial charge in [-0.1, -0.05) is 17.4 Å². The highest BCUT2D eigenvalue weighted by Crippen LogP contribution is 2.36. The fourth-order valence-electron chi connectivity index (χ4n) is 3.18. The fourth-order valence-corrected chi connectivity index (χ4v) is 4.29. The van der Waals surface area contributed by atoms with Crippen molar-refractivity contribution in [3.05, 3.63) is 40.2 Å². The van der Waals surface area contributed by atoms with Gasteiger partial charge in [0.15, 0.2) is 5.13 Å². The number of hydrogen-bond acceptors (Lipinski definition) is 7. The Kier molecular flexibility index (Phi) is 4.28. The van der Waals surface area contributed by atoms with Gasteiger partial charge in [0.1, 0.15) is 17.1 Å². The van der Waals surface area contributed by atoms with Crippen LogP contribution >= 0.6 is 11.3 Å². The minimum Gasteiger partial charge on any atom is -0.494 e. The standard InChI is InChI=1S/C18H21N5O2S/c1-12-4-5-13(25-3)16-17(12)26-18(19-16)23-10-8-22(9-11-23)14-6-7-15(24)21(2)20-14/h4-7H,8-11H2,1-3H3. The molecule has 0 N–H and O–H groups in total. The van der Waals surface area contributed by atoms with Gasteiger partial charge < -0.3 is 14.5 Å². The molecule has 136 valence electrons. The Balaban J connectivity index is 1.54. The average molecular weight is 371 g/mol. The van der Waals surface area contributed by atoms with Crippen molar-refractivity contribution in [1.82, 2.24) is 14.8 Å². The van der Waals surface area contributed by atoms with E-state index in [4.69, 9.17) is 9.72 Å². The third kappa shape index (κ3) is 2.90. The molecule has 26 heavy (non-hydrogen) atoms. The molecule has 3 aromatic rings. The first kappa shape index (κ1) is 16.8. The number of anilines is 2. The van der Waals surface area contributed by atoms with E-state index < -0.39 is 0 Å². The molecule has 0 amide bonds. The van der Waals surface area contributed by atoms with Gasteiger partial charge in [0.25, 0.3) is 5.56 Å². The van der Waals surface area contributed by atoms with Gasteiger partial charge in [-0.05, 0) is 24.6 Å². The van der Waals surface area contributed by atoms with Crippen molar-refractivity contribution in [3.63, 3.8) is 0 Å². The highest BCUT2D eigenvalue weighted by atomic mass is 32.1. The van der Waals surface area contributed by atoms with Gasteiger partial charge in [0, 0.05) is 39.3 Å². The smallest absolute Gasteiger partial charge is 0.266 e. The number of methoxy groups -OCH3 is 1. The number of benzene rings is 1. The van der Waals surface area contributed by atoms with Gasteiger partial charge in [0.2, 0.25) is 0 Å². The number of aryl methyl sites for hydroxylation is 2. The van der Waals surface area contributed by atoms with Crippen molar-refractivity contribution in [3.8, 4) is 5.75 Å². The van der Waals surface area contributed by atoms with Crippen LogP contribution < -0.4 is 20.1 Å². The lowest BCUT2D eigenvalue weighted by atomic mass is 10.2. The molecular weight excluding hydrogens is 350 g/mol. The zero-order valence-electron chi connectivity index (χ0n) is 15.1. The van der Waals surface area contributed by atoms with Crippen molar-refractivity contribution in [2.24, 2.45) is 7.05 Å². The van der Waals surface area contributed by atoms with Crippen LogP contribution in [-0.4, -0.2) is 48.1 Å². The first-order valence-corrected chi connectivity index (χ1v) is 9.37. The molecule has 1 saturated heterocycles. The lowest BCUT2D eigenvalue weighted by Crippen LogP contribution is -2.47. The number of hydrogen-bond donors (Lipinski definition) is 0. The second kappa shape index (κ2) is 6.60. The summed E-state index contributed by atoms with van der Waals surface area (Å²) in [6.45, 7) is 5.53. The fraction of sp³-hybridized carbons (Fsp3) is 0.389. The van der Waals surface area contributed by atoms with Crippen molar-refractivity contribution in [2.45, 2.75) is 6.92 Å². The number of ether oxygens (including phenoxy) is 1. The van der Waals surface area contributed by atoms with Gasteiger partial charge in [0.05, 0.1) is 11.8 Å². The van der Waals surface area contributed by atoms with Crippen LogP contribution in [0.1, 0.15) is 5.56 Å². The summed E-state index contributed by atoms with van der Waals surface area (Å²) in [5.41, 5.74) is 2.07. The first-order valence-electron chi connectivity index (χ1n) is 8.55. The van der Waals surface area contributed by atoms with Crippen molar-refractivity contribution in [2.75, 3.05) is 43.1 Å². The van der Waals surface area contributed by atoms with E-state index in [-0.39, 0.29) is 5.56 Å². The summed E-state index contributed by atoms with van der Waals surface area (Å²) in [6, 6.07) is 7.41. The maximum absolute atomic E-state index is 11.5. The second-order valence-electron chi connectivity index (χ2n) is 6.39. The van der Waals surface area contributed by atoms with Crippen LogP contribution in [0.4, 0.5) is 10.9 Å². The summed E-state index contributed by atoms with van der Waals surface area (Å²) in [5.74, 6) is 1.66. The number of rotatable bonds is 3. The summed E-state index contributed by atoms with van der Waals surface area (Å²) in [4.78, 5) is 20.9. The van der Waals surface area contributed by atoms with E-state index in [1.165, 1.54) is 14.9 Å². The van der Waals surface area contributed by atoms with E-state index >= 15 is 0 Å². The third-order valence-electron chi connectivity index (χ3n) is 4.73. The normalized spacial score (nSPS) is 14.9. The molecule has 0 spiro atoms. The van der Waals surface area contributed by atoms with Crippen molar-refractivity contribution >= 4 is 32.5 Å². The third-order valence-corrected chi connectivity index (χ3v) is 5.98. The predicted molar refractivity (Wildman–Crippen MR) is 105 cm³/mol. The molecule has 0 aliphatic carbocycles. The molecule has 1 aromatic carbocycles. The molecule has 1 aliphatic rings. The van der Waals surface area contributed by atoms with Crippen molar-refractivity contribution in [1.29, 1.82) is 0 Å². The van der Waals surface area contributed by atoms with Crippen LogP contribution in [0.3, 0.4) is 0 Å². The highest BCUT2D eigenvalue weighted by molar-refractivity contribution is 7.22. The average Bonchev–Trinajstić information content (AvgIpc) is 3.11. The largest absolute Gasteiger partial charge is 0.494 e. The zero-order valence-corrected chi connectivity index (χ0v) is 15.9. The summed E-state index contributed by atoms with van der Waals surface area (Å²) in [6.07, 6.45) is 0. The molecule has 8 heteroatoms. The van der Waals surface area contributed by atoms with Crippen LogP contribution in [0.5, 0.6) is 5.75 Å². The molecule has 2 aromatic heterocycles. The van der Waals surface area contributed by atoms with E-state index in [1.807, 2.05) is 6.07 Å². The van der Waals surface area contributed by atoms with Gasteiger partial charge >= 0.3 is 0 Å². The molecule has 1 aliphatic heterocycles. The molecule has 0 atom stereocenters. The molecule has 7 nitrogen and oxygen atoms in total. The van der Waals surface area contributed by atoms with E-state index in [1.54, 1.807) is 37.6 Å². The Bertz CT molecular complexity index is 1000. The molecule has 0 saturated carbocycles. The Morgan fingerprint density at radius 3 is 2.50 bits per heavy atom. The quantitative estimate of drug-likeness (QED) is 0.702.